The molecule has 0 amide bonds. The summed E-state index contributed by atoms with van der Waals surface area (Å²) in [5.74, 6) is 0.525. The van der Waals surface area contributed by atoms with Crippen LogP contribution in [0.15, 0.2) is 129 Å². The maximum atomic E-state index is 12.5. The first kappa shape index (κ1) is 29.8. The Bertz CT molecular complexity index is 2080. The summed E-state index contributed by atoms with van der Waals surface area (Å²) in [5.41, 5.74) is 9.19. The molecule has 1 aliphatic carbocycles. The smallest absolute Gasteiger partial charge is 0.295 e. The maximum Gasteiger partial charge on any atom is 0.295 e. The van der Waals surface area contributed by atoms with Gasteiger partial charge in [-0.2, -0.15) is 8.42 Å². The molecule has 5 rings (SSSR count). The van der Waals surface area contributed by atoms with Crippen LogP contribution < -0.4 is 10.7 Å². The van der Waals surface area contributed by atoms with Gasteiger partial charge < -0.3 is 9.73 Å². The molecule has 0 spiro atoms. The third-order valence-electron chi connectivity index (χ3n) is 7.35. The number of fused-ring (bicyclic) bond motifs is 2. The van der Waals surface area contributed by atoms with E-state index in [-0.39, 0.29) is 4.90 Å². The number of nitrogens with zero attached hydrogens (tertiary/aromatic N) is 1. The average Bonchev–Trinajstić information content (AvgIpc) is 2.96. The van der Waals surface area contributed by atoms with Crippen molar-refractivity contribution in [2.75, 3.05) is 5.32 Å². The summed E-state index contributed by atoms with van der Waals surface area (Å²) >= 11 is 0. The fourth-order valence-electron chi connectivity index (χ4n) is 5.35. The normalized spacial score (nSPS) is 12.5. The van der Waals surface area contributed by atoms with Crippen LogP contribution in [0.2, 0.25) is 0 Å². The zero-order valence-corrected chi connectivity index (χ0v) is 25.7. The van der Waals surface area contributed by atoms with E-state index in [4.69, 9.17) is 9.41 Å². The molecule has 1 heterocycles. The zero-order chi connectivity index (χ0) is 30.9. The molecule has 3 aromatic carbocycles. The second-order valence-electron chi connectivity index (χ2n) is 10.8. The molecule has 0 bridgehead atoms. The Balaban J connectivity index is 1.82. The minimum atomic E-state index is -4.51. The van der Waals surface area contributed by atoms with Gasteiger partial charge >= 0.3 is 0 Å². The first-order chi connectivity index (χ1) is 20.5. The number of anilines is 2. The molecule has 2 aliphatic rings. The van der Waals surface area contributed by atoms with Gasteiger partial charge in [0.05, 0.1) is 11.1 Å². The summed E-state index contributed by atoms with van der Waals surface area (Å²) in [6.45, 7) is 13.9. The Labute approximate surface area is 252 Å². The quantitative estimate of drug-likeness (QED) is 0.112. The number of para-hydroxylation sites is 1. The fraction of sp³-hybridized carbons (Fsp3) is 0.139. The maximum absolute atomic E-state index is 12.5. The highest BCUT2D eigenvalue weighted by molar-refractivity contribution is 7.86. The largest absolute Gasteiger partial charge is 0.456 e. The van der Waals surface area contributed by atoms with Crippen LogP contribution in [0.1, 0.15) is 31.9 Å². The van der Waals surface area contributed by atoms with Gasteiger partial charge in [-0.25, -0.2) is 4.99 Å². The molecule has 0 atom stereocenters. The van der Waals surface area contributed by atoms with Gasteiger partial charge in [0.25, 0.3) is 10.1 Å². The van der Waals surface area contributed by atoms with Crippen LogP contribution in [0.25, 0.3) is 33.4 Å². The fourth-order valence-corrected chi connectivity index (χ4v) is 6.05. The molecule has 0 saturated heterocycles. The first-order valence-corrected chi connectivity index (χ1v) is 15.3. The van der Waals surface area contributed by atoms with Gasteiger partial charge in [0.1, 0.15) is 16.2 Å². The van der Waals surface area contributed by atoms with Crippen molar-refractivity contribution in [3.63, 3.8) is 0 Å². The van der Waals surface area contributed by atoms with Crippen molar-refractivity contribution < 1.29 is 17.4 Å². The van der Waals surface area contributed by atoms with Crippen molar-refractivity contribution in [1.29, 1.82) is 0 Å². The molecule has 0 radical (unpaired) electrons. The number of aryl methyl sites for hydroxylation is 2. The van der Waals surface area contributed by atoms with E-state index in [1.807, 2.05) is 69.3 Å². The highest BCUT2D eigenvalue weighted by Crippen LogP contribution is 2.43. The van der Waals surface area contributed by atoms with E-state index in [0.717, 1.165) is 39.3 Å². The van der Waals surface area contributed by atoms with E-state index in [1.165, 1.54) is 6.07 Å². The van der Waals surface area contributed by atoms with Gasteiger partial charge in [0, 0.05) is 45.6 Å². The van der Waals surface area contributed by atoms with Gasteiger partial charge in [-0.05, 0) is 81.7 Å². The van der Waals surface area contributed by atoms with Crippen molar-refractivity contribution >= 4 is 32.5 Å². The molecule has 1 aliphatic heterocycles. The first-order valence-electron chi connectivity index (χ1n) is 13.9. The summed E-state index contributed by atoms with van der Waals surface area (Å²) in [6, 6.07) is 23.9. The van der Waals surface area contributed by atoms with Crippen LogP contribution in [-0.2, 0) is 10.1 Å². The molecule has 0 saturated carbocycles. The van der Waals surface area contributed by atoms with Crippen LogP contribution in [0.5, 0.6) is 0 Å². The minimum absolute atomic E-state index is 0.174. The van der Waals surface area contributed by atoms with Crippen molar-refractivity contribution in [1.82, 2.24) is 0 Å². The Morgan fingerprint density at radius 2 is 1.63 bits per heavy atom. The Hall–Kier alpha value is -4.72. The topological polar surface area (TPSA) is 91.9 Å². The molecule has 0 fully saturated rings. The van der Waals surface area contributed by atoms with Gasteiger partial charge in [-0.1, -0.05) is 60.7 Å². The molecule has 43 heavy (non-hydrogen) atoms. The van der Waals surface area contributed by atoms with Gasteiger partial charge in [-0.15, -0.1) is 0 Å². The Morgan fingerprint density at radius 1 is 0.907 bits per heavy atom. The van der Waals surface area contributed by atoms with Gasteiger partial charge in [0.2, 0.25) is 0 Å². The predicted molar refractivity (Wildman–Crippen MR) is 175 cm³/mol. The average molecular weight is 591 g/mol. The van der Waals surface area contributed by atoms with E-state index >= 15 is 0 Å². The van der Waals surface area contributed by atoms with E-state index in [9.17, 15) is 13.0 Å². The summed E-state index contributed by atoms with van der Waals surface area (Å²) in [7, 11) is -4.51. The van der Waals surface area contributed by atoms with E-state index < -0.39 is 10.1 Å². The summed E-state index contributed by atoms with van der Waals surface area (Å²) < 4.78 is 41.6. The lowest BCUT2D eigenvalue weighted by Gasteiger charge is -2.18. The highest BCUT2D eigenvalue weighted by Gasteiger charge is 2.23. The molecular weight excluding hydrogens is 556 g/mol. The molecule has 3 aromatic rings. The number of allylic oxidation sites excluding steroid dienone is 4. The van der Waals surface area contributed by atoms with Crippen molar-refractivity contribution in [3.05, 3.63) is 131 Å². The monoisotopic (exact) mass is 590 g/mol. The van der Waals surface area contributed by atoms with Crippen molar-refractivity contribution in [3.8, 4) is 22.5 Å². The number of hydrogen-bond acceptors (Lipinski definition) is 5. The molecule has 0 aromatic heterocycles. The lowest BCUT2D eigenvalue weighted by molar-refractivity contribution is 0.483. The highest BCUT2D eigenvalue weighted by atomic mass is 32.2. The van der Waals surface area contributed by atoms with Gasteiger partial charge in [-0.3, -0.25) is 4.55 Å². The third-order valence-corrected chi connectivity index (χ3v) is 8.26. The van der Waals surface area contributed by atoms with E-state index in [0.29, 0.717) is 38.8 Å². The molecule has 2 N–H and O–H groups in total. The predicted octanol–water partition coefficient (Wildman–Crippen LogP) is 9.14. The third kappa shape index (κ3) is 6.09. The van der Waals surface area contributed by atoms with Crippen LogP contribution in [0.3, 0.4) is 0 Å². The SMILES string of the molecule is C=C/C=C(/C)C(N=c1ccc2c(-c3ccccc3S(=O)(=O)O)c3ccc(Nc4c(C)cccc4C)cc3oc-2c1)=C(C)C. The lowest BCUT2D eigenvalue weighted by atomic mass is 9.93. The van der Waals surface area contributed by atoms with Gasteiger partial charge in [0.15, 0.2) is 0 Å². The standard InChI is InChI=1S/C36H34N2O4S/c1-7-11-23(4)35(22(2)3)37-26-16-18-28-31(20-26)42-32-21-27(38-36-24(5)12-10-13-25(36)6)17-19-29(32)34(28)30-14-8-9-15-33(30)43(39,40)41/h7-21,38H,1H2,2-6H3,(H,39,40,41)/b23-11-,37-26?. The number of benzene rings is 4. The molecule has 6 nitrogen and oxygen atoms in total. The minimum Gasteiger partial charge on any atom is -0.456 e. The van der Waals surface area contributed by atoms with Crippen LogP contribution >= 0.6 is 0 Å². The zero-order valence-electron chi connectivity index (χ0n) is 24.9. The number of rotatable bonds is 7. The summed E-state index contributed by atoms with van der Waals surface area (Å²) in [4.78, 5) is 4.74. The summed E-state index contributed by atoms with van der Waals surface area (Å²) in [6.07, 6.45) is 3.65. The molecule has 0 unspecified atom stereocenters. The van der Waals surface area contributed by atoms with Crippen LogP contribution in [0.4, 0.5) is 11.4 Å². The molecule has 218 valence electrons. The van der Waals surface area contributed by atoms with E-state index in [1.54, 1.807) is 24.3 Å². The van der Waals surface area contributed by atoms with E-state index in [2.05, 4.69) is 37.9 Å². The number of hydrogen-bond donors (Lipinski definition) is 2. The number of nitrogens with one attached hydrogen (secondary N) is 1. The lowest BCUT2D eigenvalue weighted by Crippen LogP contribution is -2.06. The molecular formula is C36H34N2O4S. The summed E-state index contributed by atoms with van der Waals surface area (Å²) in [5, 5.41) is 4.90. The van der Waals surface area contributed by atoms with Crippen molar-refractivity contribution in [2.24, 2.45) is 4.99 Å². The second kappa shape index (κ2) is 11.9. The second-order valence-corrected chi connectivity index (χ2v) is 12.2. The Kier molecular flexibility index (Phi) is 8.22. The molecule has 7 heteroatoms. The van der Waals surface area contributed by atoms with Crippen LogP contribution in [-0.4, -0.2) is 13.0 Å². The Morgan fingerprint density at radius 3 is 2.30 bits per heavy atom. The van der Waals surface area contributed by atoms with Crippen LogP contribution in [0, 0.1) is 13.8 Å². The van der Waals surface area contributed by atoms with Crippen molar-refractivity contribution in [2.45, 2.75) is 39.5 Å².